The number of carbonyl (C=O) groups is 1. The Kier molecular flexibility index (Phi) is 8.45. The number of aliphatic hydroxyl groups is 1. The number of nitrogens with zero attached hydrogens (tertiary/aromatic N) is 4. The van der Waals surface area contributed by atoms with E-state index >= 15 is 0 Å². The molecule has 3 aromatic rings. The molecule has 13 heteroatoms. The van der Waals surface area contributed by atoms with Crippen LogP contribution in [0.3, 0.4) is 0 Å². The highest BCUT2D eigenvalue weighted by Gasteiger charge is 2.33. The third-order valence-corrected chi connectivity index (χ3v) is 8.60. The number of aromatic nitrogens is 4. The van der Waals surface area contributed by atoms with Crippen LogP contribution in [0.1, 0.15) is 74.6 Å². The van der Waals surface area contributed by atoms with Crippen molar-refractivity contribution in [1.82, 2.24) is 19.5 Å². The third kappa shape index (κ3) is 6.63. The Morgan fingerprint density at radius 1 is 1.10 bits per heavy atom. The Hall–Kier alpha value is -2.63. The Morgan fingerprint density at radius 2 is 1.80 bits per heavy atom. The number of hydrogen-bond acceptors (Lipinski definition) is 6. The summed E-state index contributed by atoms with van der Waals surface area (Å²) in [6.45, 7) is 0. The van der Waals surface area contributed by atoms with E-state index < -0.39 is 12.1 Å². The zero-order valence-corrected chi connectivity index (χ0v) is 23.1. The maximum Gasteiger partial charge on any atom is 0.573 e. The van der Waals surface area contributed by atoms with Crippen molar-refractivity contribution in [2.45, 2.75) is 82.7 Å². The summed E-state index contributed by atoms with van der Waals surface area (Å²) in [4.78, 5) is 26.0. The number of rotatable bonds is 7. The van der Waals surface area contributed by atoms with Crippen molar-refractivity contribution in [1.29, 1.82) is 0 Å². The summed E-state index contributed by atoms with van der Waals surface area (Å²) in [6, 6.07) is 2.13. The Balaban J connectivity index is 1.50. The van der Waals surface area contributed by atoms with Crippen molar-refractivity contribution in [2.24, 2.45) is 17.6 Å². The van der Waals surface area contributed by atoms with Gasteiger partial charge in [0, 0.05) is 34.8 Å². The van der Waals surface area contributed by atoms with E-state index in [2.05, 4.69) is 9.72 Å². The van der Waals surface area contributed by atoms with Crippen molar-refractivity contribution in [2.75, 3.05) is 0 Å². The summed E-state index contributed by atoms with van der Waals surface area (Å²) in [5, 5.41) is 10.1. The van der Waals surface area contributed by atoms with E-state index in [0.29, 0.717) is 66.9 Å². The van der Waals surface area contributed by atoms with Crippen LogP contribution in [-0.2, 0) is 17.6 Å². The molecule has 0 unspecified atom stereocenters. The van der Waals surface area contributed by atoms with Gasteiger partial charge >= 0.3 is 6.36 Å². The maximum absolute atomic E-state index is 12.7. The molecular formula is C27H30Cl2F3N5O3. The lowest BCUT2D eigenvalue weighted by molar-refractivity contribution is -0.274. The zero-order chi connectivity index (χ0) is 28.6. The summed E-state index contributed by atoms with van der Waals surface area (Å²) in [7, 11) is 0. The van der Waals surface area contributed by atoms with Gasteiger partial charge in [-0.2, -0.15) is 0 Å². The molecule has 0 bridgehead atoms. The Labute approximate surface area is 239 Å². The van der Waals surface area contributed by atoms with Gasteiger partial charge in [-0.3, -0.25) is 4.79 Å². The minimum Gasteiger partial charge on any atom is -0.406 e. The van der Waals surface area contributed by atoms with Crippen LogP contribution < -0.4 is 10.5 Å². The Bertz CT molecular complexity index is 1370. The summed E-state index contributed by atoms with van der Waals surface area (Å²) in [5.41, 5.74) is 7.17. The summed E-state index contributed by atoms with van der Waals surface area (Å²) >= 11 is 12.8. The van der Waals surface area contributed by atoms with Gasteiger partial charge in [0.15, 0.2) is 5.65 Å². The molecule has 2 aliphatic rings. The van der Waals surface area contributed by atoms with Gasteiger partial charge in [-0.15, -0.1) is 13.2 Å². The number of benzene rings is 1. The number of alkyl halides is 3. The molecule has 1 aromatic carbocycles. The van der Waals surface area contributed by atoms with Gasteiger partial charge in [0.25, 0.3) is 0 Å². The zero-order valence-electron chi connectivity index (χ0n) is 21.6. The van der Waals surface area contributed by atoms with Gasteiger partial charge in [0.1, 0.15) is 22.9 Å². The van der Waals surface area contributed by atoms with Crippen LogP contribution in [0.25, 0.3) is 11.2 Å². The number of imidazole rings is 1. The molecule has 2 aromatic heterocycles. The first-order chi connectivity index (χ1) is 19.0. The van der Waals surface area contributed by atoms with Crippen LogP contribution in [0.5, 0.6) is 5.75 Å². The number of aliphatic hydroxyl groups excluding tert-OH is 1. The highest BCUT2D eigenvalue weighted by molar-refractivity contribution is 6.36. The van der Waals surface area contributed by atoms with Crippen LogP contribution in [-0.4, -0.2) is 43.0 Å². The van der Waals surface area contributed by atoms with E-state index in [1.54, 1.807) is 6.20 Å². The predicted molar refractivity (Wildman–Crippen MR) is 143 cm³/mol. The first kappa shape index (κ1) is 28.9. The van der Waals surface area contributed by atoms with Crippen LogP contribution in [0.15, 0.2) is 18.3 Å². The fraction of sp³-hybridized carbons (Fsp3) is 0.556. The van der Waals surface area contributed by atoms with E-state index in [9.17, 15) is 23.1 Å². The normalized spacial score (nSPS) is 23.9. The second-order valence-electron chi connectivity index (χ2n) is 10.8. The molecule has 1 amide bonds. The molecule has 2 atom stereocenters. The molecule has 0 radical (unpaired) electrons. The molecule has 2 aliphatic carbocycles. The lowest BCUT2D eigenvalue weighted by atomic mass is 9.85. The van der Waals surface area contributed by atoms with E-state index in [-0.39, 0.29) is 46.4 Å². The maximum atomic E-state index is 12.7. The molecule has 2 saturated carbocycles. The number of halogens is 5. The predicted octanol–water partition coefficient (Wildman–Crippen LogP) is 5.93. The highest BCUT2D eigenvalue weighted by atomic mass is 35.5. The molecule has 40 heavy (non-hydrogen) atoms. The van der Waals surface area contributed by atoms with Crippen molar-refractivity contribution in [3.05, 3.63) is 45.6 Å². The number of fused-ring (bicyclic) bond motifs is 1. The lowest BCUT2D eigenvalue weighted by Crippen LogP contribution is -2.29. The second kappa shape index (κ2) is 11.7. The number of carbonyl (C=O) groups excluding carboxylic acids is 1. The SMILES string of the molecule is NC(=O)C1CCC(n2c(Cc3c(Cl)cc(OC(F)(F)F)cc3Cl)nc3cnc(C[C@@H]4CCC[C@H](O)C4)nc32)CC1. The third-order valence-electron chi connectivity index (χ3n) is 7.93. The number of amides is 1. The summed E-state index contributed by atoms with van der Waals surface area (Å²) in [6.07, 6.45) is 3.39. The lowest BCUT2D eigenvalue weighted by Gasteiger charge is -2.29. The van der Waals surface area contributed by atoms with Crippen LogP contribution in [0.2, 0.25) is 10.0 Å². The first-order valence-corrected chi connectivity index (χ1v) is 14.2. The molecular weight excluding hydrogens is 570 g/mol. The van der Waals surface area contributed by atoms with Crippen molar-refractivity contribution in [3.8, 4) is 5.75 Å². The van der Waals surface area contributed by atoms with E-state index in [1.807, 2.05) is 4.57 Å². The van der Waals surface area contributed by atoms with Gasteiger partial charge in [0.05, 0.1) is 12.3 Å². The number of hydrogen-bond donors (Lipinski definition) is 2. The molecule has 3 N–H and O–H groups in total. The summed E-state index contributed by atoms with van der Waals surface area (Å²) < 4.78 is 44.2. The molecule has 0 aliphatic heterocycles. The van der Waals surface area contributed by atoms with Gasteiger partial charge in [0.2, 0.25) is 5.91 Å². The molecule has 0 spiro atoms. The molecule has 5 rings (SSSR count). The quantitative estimate of drug-likeness (QED) is 0.347. The van der Waals surface area contributed by atoms with Crippen LogP contribution in [0, 0.1) is 11.8 Å². The summed E-state index contributed by atoms with van der Waals surface area (Å²) in [5.74, 6) is 0.529. The number of nitrogens with two attached hydrogens (primary N) is 1. The van der Waals surface area contributed by atoms with Crippen molar-refractivity contribution < 1.29 is 27.8 Å². The number of primary amides is 1. The molecule has 2 fully saturated rings. The minimum atomic E-state index is -4.88. The average Bonchev–Trinajstić information content (AvgIpc) is 3.22. The van der Waals surface area contributed by atoms with Crippen LogP contribution in [0.4, 0.5) is 13.2 Å². The Morgan fingerprint density at radius 3 is 2.42 bits per heavy atom. The first-order valence-electron chi connectivity index (χ1n) is 13.4. The molecule has 0 saturated heterocycles. The number of ether oxygens (including phenoxy) is 1. The molecule has 2 heterocycles. The minimum absolute atomic E-state index is 0.0189. The second-order valence-corrected chi connectivity index (χ2v) is 11.6. The van der Waals surface area contributed by atoms with Crippen LogP contribution >= 0.6 is 23.2 Å². The van der Waals surface area contributed by atoms with E-state index in [4.69, 9.17) is 38.9 Å². The molecule has 216 valence electrons. The fourth-order valence-electron chi connectivity index (χ4n) is 6.00. The van der Waals surface area contributed by atoms with Gasteiger partial charge in [-0.1, -0.05) is 29.6 Å². The van der Waals surface area contributed by atoms with Crippen molar-refractivity contribution in [3.63, 3.8) is 0 Å². The monoisotopic (exact) mass is 599 g/mol. The average molecular weight is 600 g/mol. The van der Waals surface area contributed by atoms with Gasteiger partial charge in [-0.25, -0.2) is 15.0 Å². The van der Waals surface area contributed by atoms with E-state index in [1.165, 1.54) is 0 Å². The molecule has 8 nitrogen and oxygen atoms in total. The topological polar surface area (TPSA) is 116 Å². The standard InChI is InChI=1S/C27H30Cl2F3N5O3/c28-20-10-18(40-27(30,31)32)11-21(29)19(20)12-24-35-22-13-34-23(9-14-2-1-3-17(38)8-14)36-26(22)37(24)16-6-4-15(5-7-16)25(33)39/h10-11,13-17,38H,1-9,12H2,(H2,33,39)/t14-,15?,16?,17+/m1/s1. The highest BCUT2D eigenvalue weighted by Crippen LogP contribution is 2.38. The van der Waals surface area contributed by atoms with E-state index in [0.717, 1.165) is 31.4 Å². The largest absolute Gasteiger partial charge is 0.573 e. The van der Waals surface area contributed by atoms with Gasteiger partial charge in [-0.05, 0) is 68.6 Å². The van der Waals surface area contributed by atoms with Crippen molar-refractivity contribution >= 4 is 40.3 Å². The fourth-order valence-corrected chi connectivity index (χ4v) is 6.60. The smallest absolute Gasteiger partial charge is 0.406 e. The van der Waals surface area contributed by atoms with Gasteiger partial charge < -0.3 is 20.1 Å².